The Bertz CT molecular complexity index is 184. The molecular formula is C11H21NO2. The van der Waals surface area contributed by atoms with Crippen molar-refractivity contribution in [3.8, 4) is 0 Å². The van der Waals surface area contributed by atoms with E-state index in [-0.39, 0.29) is 12.0 Å². The monoisotopic (exact) mass is 199 g/mol. The van der Waals surface area contributed by atoms with Gasteiger partial charge in [-0.1, -0.05) is 13.3 Å². The summed E-state index contributed by atoms with van der Waals surface area (Å²) in [6.07, 6.45) is 4.28. The fraction of sp³-hybridized carbons (Fsp3) is 0.909. The number of hydrogen-bond acceptors (Lipinski definition) is 2. The topological polar surface area (TPSA) is 29.5 Å². The quantitative estimate of drug-likeness (QED) is 0.692. The van der Waals surface area contributed by atoms with Gasteiger partial charge in [0.1, 0.15) is 6.10 Å². The Balaban J connectivity index is 2.32. The maximum absolute atomic E-state index is 11.6. The zero-order valence-electron chi connectivity index (χ0n) is 9.45. The molecule has 1 aliphatic heterocycles. The van der Waals surface area contributed by atoms with E-state index in [1.807, 2.05) is 0 Å². The van der Waals surface area contributed by atoms with E-state index in [2.05, 4.69) is 6.92 Å². The van der Waals surface area contributed by atoms with Crippen LogP contribution in [0.2, 0.25) is 0 Å². The van der Waals surface area contributed by atoms with Crippen LogP contribution in [0.1, 0.15) is 32.6 Å². The molecule has 82 valence electrons. The predicted octanol–water partition coefficient (Wildman–Crippen LogP) is 1.67. The van der Waals surface area contributed by atoms with E-state index in [9.17, 15) is 4.79 Å². The molecule has 3 heteroatoms. The fourth-order valence-corrected chi connectivity index (χ4v) is 1.92. The van der Waals surface area contributed by atoms with Gasteiger partial charge in [-0.15, -0.1) is 0 Å². The lowest BCUT2D eigenvalue weighted by molar-refractivity contribution is -0.146. The molecule has 1 fully saturated rings. The lowest BCUT2D eigenvalue weighted by atomic mass is 9.94. The van der Waals surface area contributed by atoms with Crippen LogP contribution in [0, 0.1) is 5.92 Å². The molecular weight excluding hydrogens is 178 g/mol. The van der Waals surface area contributed by atoms with Gasteiger partial charge >= 0.3 is 0 Å². The number of carbonyl (C=O) groups excluding carboxylic acids is 1. The van der Waals surface area contributed by atoms with E-state index >= 15 is 0 Å². The average Bonchev–Trinajstić information content (AvgIpc) is 2.18. The van der Waals surface area contributed by atoms with E-state index in [1.165, 1.54) is 12.8 Å². The van der Waals surface area contributed by atoms with Crippen LogP contribution in [-0.4, -0.2) is 37.6 Å². The van der Waals surface area contributed by atoms with E-state index in [1.54, 1.807) is 19.0 Å². The van der Waals surface area contributed by atoms with Crippen molar-refractivity contribution in [3.05, 3.63) is 0 Å². The number of rotatable bonds is 3. The van der Waals surface area contributed by atoms with Crippen LogP contribution < -0.4 is 0 Å². The number of carbonyl (C=O) groups is 1. The Morgan fingerprint density at radius 3 is 2.57 bits per heavy atom. The second kappa shape index (κ2) is 5.35. The summed E-state index contributed by atoms with van der Waals surface area (Å²) in [5, 5.41) is 0. The van der Waals surface area contributed by atoms with Crippen molar-refractivity contribution in [1.82, 2.24) is 4.90 Å². The largest absolute Gasteiger partial charge is 0.368 e. The van der Waals surface area contributed by atoms with Gasteiger partial charge in [0.25, 0.3) is 5.91 Å². The molecule has 3 nitrogen and oxygen atoms in total. The Hall–Kier alpha value is -0.570. The zero-order chi connectivity index (χ0) is 10.6. The van der Waals surface area contributed by atoms with Gasteiger partial charge < -0.3 is 9.64 Å². The van der Waals surface area contributed by atoms with Gasteiger partial charge in [-0.2, -0.15) is 0 Å². The molecule has 0 aliphatic carbocycles. The third-order valence-electron chi connectivity index (χ3n) is 2.78. The zero-order valence-corrected chi connectivity index (χ0v) is 9.45. The molecule has 0 aromatic rings. The highest BCUT2D eigenvalue weighted by atomic mass is 16.5. The Morgan fingerprint density at radius 2 is 2.14 bits per heavy atom. The summed E-state index contributed by atoms with van der Waals surface area (Å²) in [5.41, 5.74) is 0. The van der Waals surface area contributed by atoms with Crippen molar-refractivity contribution in [2.24, 2.45) is 5.92 Å². The molecule has 0 aromatic heterocycles. The van der Waals surface area contributed by atoms with Crippen LogP contribution in [0.25, 0.3) is 0 Å². The minimum absolute atomic E-state index is 0.111. The van der Waals surface area contributed by atoms with Crippen molar-refractivity contribution in [3.63, 3.8) is 0 Å². The normalized spacial score (nSPS) is 27.4. The van der Waals surface area contributed by atoms with Crippen LogP contribution in [-0.2, 0) is 9.53 Å². The van der Waals surface area contributed by atoms with Gasteiger partial charge in [-0.3, -0.25) is 4.79 Å². The molecule has 0 radical (unpaired) electrons. The van der Waals surface area contributed by atoms with E-state index in [0.29, 0.717) is 5.92 Å². The van der Waals surface area contributed by atoms with Gasteiger partial charge in [-0.25, -0.2) is 0 Å². The highest BCUT2D eigenvalue weighted by molar-refractivity contribution is 5.80. The van der Waals surface area contributed by atoms with Gasteiger partial charge in [0.05, 0.1) is 6.61 Å². The molecule has 0 N–H and O–H groups in total. The molecule has 0 aromatic carbocycles. The van der Waals surface area contributed by atoms with Crippen molar-refractivity contribution < 1.29 is 9.53 Å². The Kier molecular flexibility index (Phi) is 4.39. The highest BCUT2D eigenvalue weighted by Crippen LogP contribution is 2.23. The summed E-state index contributed by atoms with van der Waals surface area (Å²) in [4.78, 5) is 13.2. The number of nitrogens with zero attached hydrogens (tertiary/aromatic N) is 1. The molecule has 1 amide bonds. The van der Waals surface area contributed by atoms with E-state index in [4.69, 9.17) is 4.74 Å². The van der Waals surface area contributed by atoms with Crippen LogP contribution in [0.3, 0.4) is 0 Å². The lowest BCUT2D eigenvalue weighted by Crippen LogP contribution is -2.39. The molecule has 1 aliphatic rings. The van der Waals surface area contributed by atoms with Gasteiger partial charge in [0.2, 0.25) is 0 Å². The maximum Gasteiger partial charge on any atom is 0.251 e. The third-order valence-corrected chi connectivity index (χ3v) is 2.78. The Labute approximate surface area is 86.4 Å². The highest BCUT2D eigenvalue weighted by Gasteiger charge is 2.27. The fourth-order valence-electron chi connectivity index (χ4n) is 1.92. The second-order valence-electron chi connectivity index (χ2n) is 4.29. The first-order valence-electron chi connectivity index (χ1n) is 5.48. The van der Waals surface area contributed by atoms with E-state index < -0.39 is 0 Å². The van der Waals surface area contributed by atoms with Crippen LogP contribution in [0.4, 0.5) is 0 Å². The lowest BCUT2D eigenvalue weighted by Gasteiger charge is -2.29. The SMILES string of the molecule is CCCC1CCC(C(=O)N(C)C)OC1. The van der Waals surface area contributed by atoms with Crippen molar-refractivity contribution in [1.29, 1.82) is 0 Å². The summed E-state index contributed by atoms with van der Waals surface area (Å²) in [6, 6.07) is 0. The van der Waals surface area contributed by atoms with Crippen molar-refractivity contribution >= 4 is 5.91 Å². The standard InChI is InChI=1S/C11H21NO2/c1-4-5-9-6-7-10(14-8-9)11(13)12(2)3/h9-10H,4-8H2,1-3H3. The van der Waals surface area contributed by atoms with Crippen LogP contribution >= 0.6 is 0 Å². The summed E-state index contributed by atoms with van der Waals surface area (Å²) in [5.74, 6) is 0.783. The molecule has 0 bridgehead atoms. The first-order chi connectivity index (χ1) is 6.65. The minimum Gasteiger partial charge on any atom is -0.368 e. The molecule has 2 atom stereocenters. The smallest absolute Gasteiger partial charge is 0.251 e. The van der Waals surface area contributed by atoms with Gasteiger partial charge in [-0.05, 0) is 25.2 Å². The van der Waals surface area contributed by atoms with Crippen LogP contribution in [0.15, 0.2) is 0 Å². The number of ether oxygens (including phenoxy) is 1. The number of hydrogen-bond donors (Lipinski definition) is 0. The van der Waals surface area contributed by atoms with E-state index in [0.717, 1.165) is 19.4 Å². The number of amides is 1. The third kappa shape index (κ3) is 2.98. The van der Waals surface area contributed by atoms with Gasteiger partial charge in [0.15, 0.2) is 0 Å². The number of likely N-dealkylation sites (N-methyl/N-ethyl adjacent to an activating group) is 1. The van der Waals surface area contributed by atoms with Crippen molar-refractivity contribution in [2.45, 2.75) is 38.7 Å². The van der Waals surface area contributed by atoms with Crippen molar-refractivity contribution in [2.75, 3.05) is 20.7 Å². The summed E-state index contributed by atoms with van der Waals surface area (Å²) in [7, 11) is 3.56. The second-order valence-corrected chi connectivity index (χ2v) is 4.29. The molecule has 1 saturated heterocycles. The van der Waals surface area contributed by atoms with Crippen LogP contribution in [0.5, 0.6) is 0 Å². The maximum atomic E-state index is 11.6. The Morgan fingerprint density at radius 1 is 1.43 bits per heavy atom. The first kappa shape index (κ1) is 11.5. The summed E-state index contributed by atoms with van der Waals surface area (Å²) >= 11 is 0. The predicted molar refractivity (Wildman–Crippen MR) is 56.1 cm³/mol. The molecule has 2 unspecified atom stereocenters. The summed E-state index contributed by atoms with van der Waals surface area (Å²) in [6.45, 7) is 2.95. The summed E-state index contributed by atoms with van der Waals surface area (Å²) < 4.78 is 5.58. The first-order valence-corrected chi connectivity index (χ1v) is 5.48. The van der Waals surface area contributed by atoms with Gasteiger partial charge in [0, 0.05) is 14.1 Å². The molecule has 0 spiro atoms. The molecule has 1 heterocycles. The molecule has 1 rings (SSSR count). The average molecular weight is 199 g/mol. The molecule has 14 heavy (non-hydrogen) atoms. The molecule has 0 saturated carbocycles. The minimum atomic E-state index is -0.182.